The maximum atomic E-state index is 13.0. The fourth-order valence-corrected chi connectivity index (χ4v) is 7.19. The molecule has 2 N–H and O–H groups in total. The zero-order chi connectivity index (χ0) is 26.1. The van der Waals surface area contributed by atoms with E-state index >= 15 is 0 Å². The van der Waals surface area contributed by atoms with Crippen LogP contribution in [-0.2, 0) is 27.4 Å². The highest BCUT2D eigenvalue weighted by molar-refractivity contribution is 7.89. The summed E-state index contributed by atoms with van der Waals surface area (Å²) < 4.78 is 15.0. The van der Waals surface area contributed by atoms with Crippen LogP contribution in [0.5, 0.6) is 0 Å². The fourth-order valence-electron chi connectivity index (χ4n) is 5.95. The first-order valence-electron chi connectivity index (χ1n) is 13.4. The third-order valence-electron chi connectivity index (χ3n) is 8.38. The Balaban J connectivity index is 1.29. The molecule has 1 saturated carbocycles. The summed E-state index contributed by atoms with van der Waals surface area (Å²) in [4.78, 5) is 29.3. The number of carbonyl (C=O) groups is 2. The number of piperidine rings is 1. The second-order valence-electron chi connectivity index (χ2n) is 11.9. The number of nitrogens with one attached hydrogen (secondary N) is 2. The van der Waals surface area contributed by atoms with Gasteiger partial charge in [-0.25, -0.2) is 0 Å². The molecule has 2 amide bonds. The van der Waals surface area contributed by atoms with Crippen LogP contribution in [0.15, 0.2) is 23.2 Å². The predicted molar refractivity (Wildman–Crippen MR) is 146 cm³/mol. The van der Waals surface area contributed by atoms with Gasteiger partial charge in [-0.3, -0.25) is 14.6 Å². The van der Waals surface area contributed by atoms with E-state index in [-0.39, 0.29) is 11.8 Å². The minimum atomic E-state index is -1.10. The van der Waals surface area contributed by atoms with Gasteiger partial charge in [-0.05, 0) is 80.0 Å². The highest BCUT2D eigenvalue weighted by Gasteiger charge is 2.48. The number of aryl methyl sites for hydroxylation is 2. The van der Waals surface area contributed by atoms with Crippen molar-refractivity contribution in [2.75, 3.05) is 24.2 Å². The van der Waals surface area contributed by atoms with Gasteiger partial charge in [-0.15, -0.1) is 4.31 Å². The van der Waals surface area contributed by atoms with Crippen molar-refractivity contribution in [1.82, 2.24) is 9.62 Å². The van der Waals surface area contributed by atoms with Crippen molar-refractivity contribution in [2.45, 2.75) is 85.1 Å². The molecule has 0 bridgehead atoms. The standard InChI is InChI=1S/C28H42N4O3S/c1-19-18-24(29-20(2)33)11-8-21(19)12-17-36(35)32-15-13-28(14-16-32)26(34)30-25(31-28)22-6-9-23(10-7-22)27(3,4)5/h8,11,18,22-23H,6-7,9-10,12-17H2,1-5H3,(H,29,33)(H,30,31,34). The lowest BCUT2D eigenvalue weighted by Crippen LogP contribution is -2.51. The number of aliphatic imine (C=N–C) groups is 1. The molecular weight excluding hydrogens is 472 g/mol. The summed E-state index contributed by atoms with van der Waals surface area (Å²) in [6, 6.07) is 5.84. The van der Waals surface area contributed by atoms with Crippen molar-refractivity contribution >= 4 is 34.7 Å². The molecule has 2 fully saturated rings. The Labute approximate surface area is 219 Å². The van der Waals surface area contributed by atoms with Crippen molar-refractivity contribution in [3.63, 3.8) is 0 Å². The van der Waals surface area contributed by atoms with E-state index in [1.807, 2.05) is 29.4 Å². The summed E-state index contributed by atoms with van der Waals surface area (Å²) in [6.45, 7) is 11.7. The van der Waals surface area contributed by atoms with Crippen molar-refractivity contribution in [3.8, 4) is 0 Å². The van der Waals surface area contributed by atoms with Crippen LogP contribution in [0, 0.1) is 24.2 Å². The van der Waals surface area contributed by atoms with Crippen LogP contribution in [0.25, 0.3) is 0 Å². The minimum absolute atomic E-state index is 0.0377. The Morgan fingerprint density at radius 1 is 1.22 bits per heavy atom. The molecule has 8 heteroatoms. The van der Waals surface area contributed by atoms with E-state index in [1.54, 1.807) is 0 Å². The van der Waals surface area contributed by atoms with Crippen LogP contribution in [-0.4, -0.2) is 50.9 Å². The molecule has 0 aromatic heterocycles. The van der Waals surface area contributed by atoms with Crippen LogP contribution in [0.4, 0.5) is 5.69 Å². The van der Waals surface area contributed by atoms with E-state index in [0.717, 1.165) is 41.4 Å². The van der Waals surface area contributed by atoms with E-state index in [1.165, 1.54) is 19.8 Å². The molecule has 2 heterocycles. The first-order chi connectivity index (χ1) is 17.0. The lowest BCUT2D eigenvalue weighted by atomic mass is 9.69. The third-order valence-corrected chi connectivity index (χ3v) is 9.88. The Morgan fingerprint density at radius 3 is 2.47 bits per heavy atom. The molecule has 7 nitrogen and oxygen atoms in total. The van der Waals surface area contributed by atoms with Gasteiger partial charge in [0.1, 0.15) is 17.1 Å². The summed E-state index contributed by atoms with van der Waals surface area (Å²) in [5.41, 5.74) is 2.66. The smallest absolute Gasteiger partial charge is 0.253 e. The van der Waals surface area contributed by atoms with E-state index in [0.29, 0.717) is 49.4 Å². The van der Waals surface area contributed by atoms with Crippen molar-refractivity contribution in [1.29, 1.82) is 0 Å². The number of amidine groups is 1. The number of benzene rings is 1. The molecule has 198 valence electrons. The average Bonchev–Trinajstić information content (AvgIpc) is 3.13. The van der Waals surface area contributed by atoms with Crippen LogP contribution in [0.3, 0.4) is 0 Å². The van der Waals surface area contributed by atoms with E-state index in [9.17, 15) is 14.1 Å². The maximum Gasteiger partial charge on any atom is 0.253 e. The van der Waals surface area contributed by atoms with Crippen LogP contribution < -0.4 is 10.6 Å². The Morgan fingerprint density at radius 2 is 1.89 bits per heavy atom. The lowest BCUT2D eigenvalue weighted by molar-refractivity contribution is -0.125. The second kappa shape index (κ2) is 10.8. The summed E-state index contributed by atoms with van der Waals surface area (Å²) in [7, 11) is 0. The van der Waals surface area contributed by atoms with Gasteiger partial charge in [0.2, 0.25) is 5.91 Å². The van der Waals surface area contributed by atoms with Crippen LogP contribution in [0.1, 0.15) is 77.3 Å². The summed E-state index contributed by atoms with van der Waals surface area (Å²) in [5.74, 6) is 2.49. The number of anilines is 1. The average molecular weight is 515 g/mol. The summed E-state index contributed by atoms with van der Waals surface area (Å²) >= 11 is -1.10. The van der Waals surface area contributed by atoms with Gasteiger partial charge >= 0.3 is 0 Å². The molecule has 1 atom stereocenters. The van der Waals surface area contributed by atoms with E-state index in [4.69, 9.17) is 4.99 Å². The molecule has 3 aliphatic rings. The number of rotatable bonds is 6. The van der Waals surface area contributed by atoms with Crippen LogP contribution in [0.2, 0.25) is 0 Å². The van der Waals surface area contributed by atoms with Crippen molar-refractivity contribution in [3.05, 3.63) is 29.3 Å². The predicted octanol–water partition coefficient (Wildman–Crippen LogP) is 4.38. The number of hydrogen-bond donors (Lipinski definition) is 2. The largest absolute Gasteiger partial charge is 0.598 e. The molecule has 4 rings (SSSR count). The molecule has 1 aliphatic carbocycles. The highest BCUT2D eigenvalue weighted by atomic mass is 32.2. The van der Waals surface area contributed by atoms with Gasteiger partial charge in [0, 0.05) is 49.4 Å². The lowest BCUT2D eigenvalue weighted by Gasteiger charge is -2.37. The zero-order valence-electron chi connectivity index (χ0n) is 22.5. The first kappa shape index (κ1) is 27.1. The van der Waals surface area contributed by atoms with Gasteiger partial charge < -0.3 is 15.2 Å². The van der Waals surface area contributed by atoms with Gasteiger partial charge in [0.25, 0.3) is 5.91 Å². The second-order valence-corrected chi connectivity index (χ2v) is 13.5. The summed E-state index contributed by atoms with van der Waals surface area (Å²) in [6.07, 6.45) is 6.53. The Bertz CT molecular complexity index is 1000. The van der Waals surface area contributed by atoms with E-state index < -0.39 is 16.9 Å². The quantitative estimate of drug-likeness (QED) is 0.551. The van der Waals surface area contributed by atoms with Gasteiger partial charge in [0.15, 0.2) is 0 Å². The molecule has 1 saturated heterocycles. The van der Waals surface area contributed by atoms with Gasteiger partial charge in [-0.1, -0.05) is 26.8 Å². The maximum absolute atomic E-state index is 13.0. The van der Waals surface area contributed by atoms with E-state index in [2.05, 4.69) is 31.4 Å². The number of nitrogens with zero attached hydrogens (tertiary/aromatic N) is 2. The van der Waals surface area contributed by atoms with Crippen LogP contribution >= 0.6 is 0 Å². The Hall–Kier alpha value is -1.90. The number of carbonyl (C=O) groups excluding carboxylic acids is 2. The van der Waals surface area contributed by atoms with Crippen molar-refractivity contribution < 1.29 is 14.1 Å². The van der Waals surface area contributed by atoms with Gasteiger partial charge in [0.05, 0.1) is 0 Å². The fraction of sp³-hybridized carbons (Fsp3) is 0.679. The van der Waals surface area contributed by atoms with Gasteiger partial charge in [-0.2, -0.15) is 0 Å². The number of hydrogen-bond acceptors (Lipinski definition) is 5. The monoisotopic (exact) mass is 514 g/mol. The number of amides is 2. The molecule has 1 unspecified atom stereocenters. The topological polar surface area (TPSA) is 96.9 Å². The molecule has 2 aliphatic heterocycles. The third kappa shape index (κ3) is 6.14. The molecule has 1 aromatic rings. The normalized spacial score (nSPS) is 25.4. The zero-order valence-corrected chi connectivity index (χ0v) is 23.3. The SMILES string of the molecule is CC(=O)Nc1ccc(CC[S+]([O-])N2CCC3(CC2)N=C(C2CCC(C(C)(C)C)CC2)NC3=O)c(C)c1. The Kier molecular flexibility index (Phi) is 8.17. The van der Waals surface area contributed by atoms with Crippen molar-refractivity contribution in [2.24, 2.45) is 22.2 Å². The molecule has 0 radical (unpaired) electrons. The molecule has 1 aromatic carbocycles. The minimum Gasteiger partial charge on any atom is -0.598 e. The molecule has 1 spiro atoms. The first-order valence-corrected chi connectivity index (χ1v) is 14.7. The summed E-state index contributed by atoms with van der Waals surface area (Å²) in [5, 5.41) is 5.94. The molecular formula is C28H42N4O3S. The molecule has 36 heavy (non-hydrogen) atoms. The highest BCUT2D eigenvalue weighted by Crippen LogP contribution is 2.41.